The highest BCUT2D eigenvalue weighted by atomic mass is 32.1. The first-order valence-electron chi connectivity index (χ1n) is 9.39. The number of nitrogens with two attached hydrogens (primary N) is 1. The van der Waals surface area contributed by atoms with E-state index in [9.17, 15) is 14.4 Å². The van der Waals surface area contributed by atoms with E-state index in [1.54, 1.807) is 38.4 Å². The minimum Gasteiger partial charge on any atom is -0.351 e. The Balaban J connectivity index is 1.90. The van der Waals surface area contributed by atoms with Crippen LogP contribution in [0.5, 0.6) is 0 Å². The first kappa shape index (κ1) is 20.8. The van der Waals surface area contributed by atoms with Gasteiger partial charge in [0.05, 0.1) is 5.56 Å². The molecular weight excluding hydrogens is 390 g/mol. The van der Waals surface area contributed by atoms with Crippen LogP contribution in [-0.2, 0) is 0 Å². The summed E-state index contributed by atoms with van der Waals surface area (Å²) >= 11 is 1.25. The zero-order valence-corrected chi connectivity index (χ0v) is 17.3. The summed E-state index contributed by atoms with van der Waals surface area (Å²) < 4.78 is 0. The molecule has 1 aromatic heterocycles. The maximum absolute atomic E-state index is 12.8. The predicted octanol–water partition coefficient (Wildman–Crippen LogP) is 2.09. The fourth-order valence-electron chi connectivity index (χ4n) is 3.21. The highest BCUT2D eigenvalue weighted by Gasteiger charge is 2.22. The molecule has 0 bridgehead atoms. The molecule has 1 saturated heterocycles. The molecule has 1 aliphatic heterocycles. The van der Waals surface area contributed by atoms with Gasteiger partial charge in [0.1, 0.15) is 5.00 Å². The lowest BCUT2D eigenvalue weighted by atomic mass is 10.1. The van der Waals surface area contributed by atoms with Gasteiger partial charge in [0.15, 0.2) is 0 Å². The standard InChI is InChI=1S/C20H25N5O3S/c1-25(2)19(27)13-6-3-5-12(9-13)16-10-15(18(29-16)24-20(21)28)17(26)23-14-7-4-8-22-11-14/h3,5-6,9-10,14,22H,4,7-8,11H2,1-2H3,(H,23,26)(H3,21,24,28)/t14-/m0/s1. The van der Waals surface area contributed by atoms with E-state index in [-0.39, 0.29) is 17.9 Å². The summed E-state index contributed by atoms with van der Waals surface area (Å²) in [6, 6.07) is 8.20. The molecule has 5 N–H and O–H groups in total. The number of rotatable bonds is 5. The number of anilines is 1. The summed E-state index contributed by atoms with van der Waals surface area (Å²) in [5, 5.41) is 9.20. The number of hydrogen-bond donors (Lipinski definition) is 4. The number of nitrogens with zero attached hydrogens (tertiary/aromatic N) is 1. The molecule has 0 saturated carbocycles. The van der Waals surface area contributed by atoms with Crippen LogP contribution in [-0.4, -0.2) is 56.0 Å². The van der Waals surface area contributed by atoms with Crippen LogP contribution in [0.1, 0.15) is 33.6 Å². The molecule has 0 spiro atoms. The second-order valence-corrected chi connectivity index (χ2v) is 8.19. The van der Waals surface area contributed by atoms with Crippen molar-refractivity contribution in [3.05, 3.63) is 41.5 Å². The normalized spacial score (nSPS) is 16.1. The number of piperidine rings is 1. The second-order valence-electron chi connectivity index (χ2n) is 7.14. The number of amides is 4. The SMILES string of the molecule is CN(C)C(=O)c1cccc(-c2cc(C(=O)N[C@H]3CCCNC3)c(NC(N)=O)s2)c1. The van der Waals surface area contributed by atoms with Gasteiger partial charge in [-0.25, -0.2) is 4.79 Å². The van der Waals surface area contributed by atoms with Crippen molar-refractivity contribution in [2.75, 3.05) is 32.5 Å². The highest BCUT2D eigenvalue weighted by Crippen LogP contribution is 2.36. The number of benzene rings is 1. The molecule has 1 aliphatic rings. The van der Waals surface area contributed by atoms with Gasteiger partial charge in [-0.05, 0) is 43.1 Å². The van der Waals surface area contributed by atoms with Crippen molar-refractivity contribution in [1.29, 1.82) is 0 Å². The molecule has 8 nitrogen and oxygen atoms in total. The van der Waals surface area contributed by atoms with E-state index < -0.39 is 6.03 Å². The topological polar surface area (TPSA) is 117 Å². The molecule has 1 atom stereocenters. The summed E-state index contributed by atoms with van der Waals surface area (Å²) in [5.74, 6) is -0.368. The van der Waals surface area contributed by atoms with Crippen LogP contribution in [0.25, 0.3) is 10.4 Å². The van der Waals surface area contributed by atoms with Gasteiger partial charge in [-0.1, -0.05) is 12.1 Å². The number of hydrogen-bond acceptors (Lipinski definition) is 5. The monoisotopic (exact) mass is 415 g/mol. The molecule has 154 valence electrons. The van der Waals surface area contributed by atoms with E-state index in [4.69, 9.17) is 5.73 Å². The lowest BCUT2D eigenvalue weighted by Gasteiger charge is -2.23. The molecule has 0 aliphatic carbocycles. The van der Waals surface area contributed by atoms with Crippen LogP contribution in [0, 0.1) is 0 Å². The zero-order chi connectivity index (χ0) is 21.0. The molecule has 4 amide bonds. The van der Waals surface area contributed by atoms with Crippen LogP contribution in [0.2, 0.25) is 0 Å². The summed E-state index contributed by atoms with van der Waals surface area (Å²) in [7, 11) is 3.38. The Labute approximate surface area is 173 Å². The minimum atomic E-state index is -0.733. The molecule has 3 rings (SSSR count). The fourth-order valence-corrected chi connectivity index (χ4v) is 4.26. The predicted molar refractivity (Wildman–Crippen MR) is 114 cm³/mol. The second kappa shape index (κ2) is 9.06. The number of thiophene rings is 1. The van der Waals surface area contributed by atoms with E-state index in [2.05, 4.69) is 16.0 Å². The molecule has 0 unspecified atom stereocenters. The Morgan fingerprint density at radius 3 is 2.69 bits per heavy atom. The number of carbonyl (C=O) groups is 3. The lowest BCUT2D eigenvalue weighted by Crippen LogP contribution is -2.45. The Bertz CT molecular complexity index is 919. The van der Waals surface area contributed by atoms with Crippen molar-refractivity contribution < 1.29 is 14.4 Å². The molecule has 1 aromatic carbocycles. The van der Waals surface area contributed by atoms with E-state index in [1.807, 2.05) is 6.07 Å². The fraction of sp³-hybridized carbons (Fsp3) is 0.350. The third-order valence-electron chi connectivity index (χ3n) is 4.65. The quantitative estimate of drug-likeness (QED) is 0.598. The Hall–Kier alpha value is -2.91. The highest BCUT2D eigenvalue weighted by molar-refractivity contribution is 7.20. The molecule has 0 radical (unpaired) electrons. The average Bonchev–Trinajstić information content (AvgIpc) is 3.11. The van der Waals surface area contributed by atoms with Crippen molar-refractivity contribution in [2.24, 2.45) is 5.73 Å². The van der Waals surface area contributed by atoms with Crippen molar-refractivity contribution in [3.63, 3.8) is 0 Å². The smallest absolute Gasteiger partial charge is 0.317 e. The number of urea groups is 1. The van der Waals surface area contributed by atoms with Crippen LogP contribution in [0.3, 0.4) is 0 Å². The van der Waals surface area contributed by atoms with Gasteiger partial charge in [0, 0.05) is 37.1 Å². The van der Waals surface area contributed by atoms with Crippen molar-refractivity contribution >= 4 is 34.2 Å². The summed E-state index contributed by atoms with van der Waals surface area (Å²) in [4.78, 5) is 38.8. The van der Waals surface area contributed by atoms with E-state index >= 15 is 0 Å². The van der Waals surface area contributed by atoms with Crippen LogP contribution < -0.4 is 21.7 Å². The number of nitrogens with one attached hydrogen (secondary N) is 3. The summed E-state index contributed by atoms with van der Waals surface area (Å²) in [6.07, 6.45) is 1.90. The third-order valence-corrected chi connectivity index (χ3v) is 5.75. The first-order valence-corrected chi connectivity index (χ1v) is 10.2. The Morgan fingerprint density at radius 2 is 2.03 bits per heavy atom. The van der Waals surface area contributed by atoms with Gasteiger partial charge in [-0.15, -0.1) is 11.3 Å². The summed E-state index contributed by atoms with van der Waals surface area (Å²) in [6.45, 7) is 1.67. The van der Waals surface area contributed by atoms with Crippen molar-refractivity contribution in [2.45, 2.75) is 18.9 Å². The number of primary amides is 1. The third kappa shape index (κ3) is 5.12. The molecular formula is C20H25N5O3S. The van der Waals surface area contributed by atoms with Gasteiger partial charge in [0.25, 0.3) is 11.8 Å². The van der Waals surface area contributed by atoms with Gasteiger partial charge in [-0.2, -0.15) is 0 Å². The molecule has 9 heteroatoms. The van der Waals surface area contributed by atoms with Crippen LogP contribution >= 0.6 is 11.3 Å². The average molecular weight is 416 g/mol. The van der Waals surface area contributed by atoms with Gasteiger partial charge in [-0.3, -0.25) is 14.9 Å². The Morgan fingerprint density at radius 1 is 1.24 bits per heavy atom. The van der Waals surface area contributed by atoms with Gasteiger partial charge >= 0.3 is 6.03 Å². The van der Waals surface area contributed by atoms with E-state index in [0.29, 0.717) is 16.1 Å². The maximum Gasteiger partial charge on any atom is 0.317 e. The van der Waals surface area contributed by atoms with Crippen LogP contribution in [0.4, 0.5) is 9.80 Å². The minimum absolute atomic E-state index is 0.0436. The largest absolute Gasteiger partial charge is 0.351 e. The lowest BCUT2D eigenvalue weighted by molar-refractivity contribution is 0.0827. The number of carbonyl (C=O) groups excluding carboxylic acids is 3. The van der Waals surface area contributed by atoms with Crippen LogP contribution in [0.15, 0.2) is 30.3 Å². The van der Waals surface area contributed by atoms with E-state index in [0.717, 1.165) is 36.4 Å². The zero-order valence-electron chi connectivity index (χ0n) is 16.5. The van der Waals surface area contributed by atoms with E-state index in [1.165, 1.54) is 16.2 Å². The van der Waals surface area contributed by atoms with Crippen molar-refractivity contribution in [3.8, 4) is 10.4 Å². The molecule has 2 heterocycles. The molecule has 1 fully saturated rings. The first-order chi connectivity index (χ1) is 13.8. The van der Waals surface area contributed by atoms with Gasteiger partial charge < -0.3 is 21.3 Å². The molecule has 2 aromatic rings. The molecule has 29 heavy (non-hydrogen) atoms. The van der Waals surface area contributed by atoms with Gasteiger partial charge in [0.2, 0.25) is 0 Å². The summed E-state index contributed by atoms with van der Waals surface area (Å²) in [5.41, 5.74) is 6.98. The Kier molecular flexibility index (Phi) is 6.50. The van der Waals surface area contributed by atoms with Crippen molar-refractivity contribution in [1.82, 2.24) is 15.5 Å². The maximum atomic E-state index is 12.8.